The Labute approximate surface area is 157 Å². The smallest absolute Gasteiger partial charge is 0.243 e. The fourth-order valence-corrected chi connectivity index (χ4v) is 4.14. The van der Waals surface area contributed by atoms with Gasteiger partial charge in [0, 0.05) is 29.7 Å². The monoisotopic (exact) mass is 372 g/mol. The van der Waals surface area contributed by atoms with Gasteiger partial charge in [-0.2, -0.15) is 0 Å². The second kappa shape index (κ2) is 7.34. The molecule has 2 aliphatic heterocycles. The van der Waals surface area contributed by atoms with Crippen LogP contribution in [0.1, 0.15) is 20.3 Å². The van der Waals surface area contributed by atoms with Gasteiger partial charge in [0.2, 0.25) is 5.91 Å². The molecule has 7 heteroatoms. The van der Waals surface area contributed by atoms with Crippen LogP contribution < -0.4 is 15.5 Å². The first-order valence-corrected chi connectivity index (χ1v) is 9.97. The van der Waals surface area contributed by atoms with Crippen molar-refractivity contribution < 1.29 is 9.53 Å². The molecule has 0 spiro atoms. The first-order chi connectivity index (χ1) is 12.6. The van der Waals surface area contributed by atoms with Crippen LogP contribution in [0.2, 0.25) is 0 Å². The molecule has 0 bridgehead atoms. The lowest BCUT2D eigenvalue weighted by atomic mass is 10.1. The third kappa shape index (κ3) is 3.75. The first kappa shape index (κ1) is 17.5. The van der Waals surface area contributed by atoms with E-state index in [2.05, 4.69) is 58.6 Å². The summed E-state index contributed by atoms with van der Waals surface area (Å²) in [4.78, 5) is 19.0. The Morgan fingerprint density at radius 2 is 2.12 bits per heavy atom. The molecular weight excluding hydrogens is 348 g/mol. The molecule has 2 aliphatic rings. The topological polar surface area (TPSA) is 66.5 Å². The minimum absolute atomic E-state index is 0.00203. The predicted octanol–water partition coefficient (Wildman–Crippen LogP) is 2.72. The number of morpholine rings is 1. The standard InChI is InChI=1S/C19H24N4O2S/c1-12-9-23(10-13(2)25-12)15-5-3-4-14(8-15)17-11-26-19(21-17)22-18(24)16-6-7-20-16/h3-5,8,11-13,16,20H,6-7,9-10H2,1-2H3,(H,21,22,24)/t12-,13+,16-/m0/s1. The number of carbonyl (C=O) groups excluding carboxylic acids is 1. The predicted molar refractivity (Wildman–Crippen MR) is 105 cm³/mol. The van der Waals surface area contributed by atoms with Gasteiger partial charge >= 0.3 is 0 Å². The zero-order chi connectivity index (χ0) is 18.1. The molecule has 3 heterocycles. The third-order valence-corrected chi connectivity index (χ3v) is 5.56. The van der Waals surface area contributed by atoms with Gasteiger partial charge in [-0.3, -0.25) is 4.79 Å². The second-order valence-corrected chi connectivity index (χ2v) is 7.89. The van der Waals surface area contributed by atoms with Gasteiger partial charge in [0.1, 0.15) is 0 Å². The highest BCUT2D eigenvalue weighted by molar-refractivity contribution is 7.14. The Morgan fingerprint density at radius 1 is 1.35 bits per heavy atom. The number of rotatable bonds is 4. The lowest BCUT2D eigenvalue weighted by Crippen LogP contribution is -2.50. The molecule has 2 N–H and O–H groups in total. The molecule has 1 aromatic carbocycles. The maximum atomic E-state index is 12.0. The minimum atomic E-state index is -0.0732. The zero-order valence-corrected chi connectivity index (χ0v) is 15.9. The Morgan fingerprint density at radius 3 is 2.81 bits per heavy atom. The maximum Gasteiger partial charge on any atom is 0.243 e. The minimum Gasteiger partial charge on any atom is -0.372 e. The Balaban J connectivity index is 1.49. The molecule has 1 aromatic heterocycles. The van der Waals surface area contributed by atoms with Gasteiger partial charge in [-0.05, 0) is 38.9 Å². The molecule has 1 amide bonds. The summed E-state index contributed by atoms with van der Waals surface area (Å²) >= 11 is 1.46. The molecule has 2 saturated heterocycles. The number of hydrogen-bond acceptors (Lipinski definition) is 6. The van der Waals surface area contributed by atoms with Crippen LogP contribution in [0.3, 0.4) is 0 Å². The molecule has 2 fully saturated rings. The Hall–Kier alpha value is -1.96. The van der Waals surface area contributed by atoms with Crippen LogP contribution in [-0.2, 0) is 9.53 Å². The van der Waals surface area contributed by atoms with Crippen molar-refractivity contribution in [3.8, 4) is 11.3 Å². The molecule has 0 unspecified atom stereocenters. The third-order valence-electron chi connectivity index (χ3n) is 4.80. The van der Waals surface area contributed by atoms with Gasteiger partial charge in [-0.15, -0.1) is 11.3 Å². The van der Waals surface area contributed by atoms with Crippen molar-refractivity contribution in [2.24, 2.45) is 0 Å². The van der Waals surface area contributed by atoms with Crippen LogP contribution in [0, 0.1) is 0 Å². The summed E-state index contributed by atoms with van der Waals surface area (Å²) in [5, 5.41) is 8.65. The van der Waals surface area contributed by atoms with Crippen molar-refractivity contribution in [3.05, 3.63) is 29.6 Å². The van der Waals surface area contributed by atoms with Gasteiger partial charge in [-0.1, -0.05) is 12.1 Å². The van der Waals surface area contributed by atoms with E-state index in [1.165, 1.54) is 17.0 Å². The van der Waals surface area contributed by atoms with Crippen molar-refractivity contribution in [2.75, 3.05) is 29.9 Å². The van der Waals surface area contributed by atoms with E-state index in [9.17, 15) is 4.79 Å². The summed E-state index contributed by atoms with van der Waals surface area (Å²) in [5.74, 6) is 0.00203. The number of nitrogens with zero attached hydrogens (tertiary/aromatic N) is 2. The van der Waals surface area contributed by atoms with E-state index >= 15 is 0 Å². The van der Waals surface area contributed by atoms with E-state index in [0.29, 0.717) is 5.13 Å². The van der Waals surface area contributed by atoms with Crippen molar-refractivity contribution in [1.29, 1.82) is 0 Å². The molecule has 6 nitrogen and oxygen atoms in total. The number of aromatic nitrogens is 1. The van der Waals surface area contributed by atoms with Gasteiger partial charge in [0.15, 0.2) is 5.13 Å². The number of amides is 1. The summed E-state index contributed by atoms with van der Waals surface area (Å²) in [6.07, 6.45) is 1.34. The Bertz CT molecular complexity index is 779. The molecule has 2 aromatic rings. The van der Waals surface area contributed by atoms with Crippen LogP contribution in [0.15, 0.2) is 29.6 Å². The van der Waals surface area contributed by atoms with E-state index < -0.39 is 0 Å². The lowest BCUT2D eigenvalue weighted by molar-refractivity contribution is -0.119. The molecule has 0 saturated carbocycles. The highest BCUT2D eigenvalue weighted by atomic mass is 32.1. The first-order valence-electron chi connectivity index (χ1n) is 9.09. The van der Waals surface area contributed by atoms with Crippen LogP contribution in [0.5, 0.6) is 0 Å². The summed E-state index contributed by atoms with van der Waals surface area (Å²) in [7, 11) is 0. The molecule has 26 heavy (non-hydrogen) atoms. The summed E-state index contributed by atoms with van der Waals surface area (Å²) in [6, 6.07) is 8.34. The highest BCUT2D eigenvalue weighted by Gasteiger charge is 2.25. The van der Waals surface area contributed by atoms with Gasteiger partial charge in [0.05, 0.1) is 23.9 Å². The SMILES string of the molecule is C[C@@H]1CN(c2cccc(-c3csc(NC(=O)[C@@H]4CCN4)n3)c2)C[C@H](C)O1. The van der Waals surface area contributed by atoms with Crippen LogP contribution in [0.4, 0.5) is 10.8 Å². The lowest BCUT2D eigenvalue weighted by Gasteiger charge is -2.37. The number of carbonyl (C=O) groups is 1. The summed E-state index contributed by atoms with van der Waals surface area (Å²) in [6.45, 7) is 6.91. The van der Waals surface area contributed by atoms with Crippen molar-refractivity contribution in [1.82, 2.24) is 10.3 Å². The molecule has 0 aliphatic carbocycles. The summed E-state index contributed by atoms with van der Waals surface area (Å²) < 4.78 is 5.83. The number of benzene rings is 1. The zero-order valence-electron chi connectivity index (χ0n) is 15.1. The number of anilines is 2. The Kier molecular flexibility index (Phi) is 4.93. The highest BCUT2D eigenvalue weighted by Crippen LogP contribution is 2.29. The van der Waals surface area contributed by atoms with Crippen LogP contribution in [0.25, 0.3) is 11.3 Å². The van der Waals surface area contributed by atoms with Crippen molar-refractivity contribution >= 4 is 28.1 Å². The number of nitrogens with one attached hydrogen (secondary N) is 2. The van der Waals surface area contributed by atoms with Gasteiger partial charge < -0.3 is 20.3 Å². The fourth-order valence-electron chi connectivity index (χ4n) is 3.42. The number of hydrogen-bond donors (Lipinski definition) is 2. The molecule has 4 rings (SSSR count). The van der Waals surface area contributed by atoms with Crippen molar-refractivity contribution in [2.45, 2.75) is 38.5 Å². The summed E-state index contributed by atoms with van der Waals surface area (Å²) in [5.41, 5.74) is 3.14. The van der Waals surface area contributed by atoms with Gasteiger partial charge in [0.25, 0.3) is 0 Å². The molecular formula is C19H24N4O2S. The molecule has 0 radical (unpaired) electrons. The van der Waals surface area contributed by atoms with Crippen LogP contribution >= 0.6 is 11.3 Å². The van der Waals surface area contributed by atoms with Crippen molar-refractivity contribution in [3.63, 3.8) is 0 Å². The average Bonchev–Trinajstić information content (AvgIpc) is 3.01. The maximum absolute atomic E-state index is 12.0. The number of ether oxygens (including phenoxy) is 1. The largest absolute Gasteiger partial charge is 0.372 e. The van der Waals surface area contributed by atoms with Gasteiger partial charge in [-0.25, -0.2) is 4.98 Å². The van der Waals surface area contributed by atoms with E-state index in [1.807, 2.05) is 5.38 Å². The quantitative estimate of drug-likeness (QED) is 0.864. The normalized spacial score (nSPS) is 25.6. The molecule has 138 valence electrons. The second-order valence-electron chi connectivity index (χ2n) is 7.04. The van der Waals surface area contributed by atoms with Crippen LogP contribution in [-0.4, -0.2) is 48.8 Å². The number of thiazole rings is 1. The average molecular weight is 372 g/mol. The van der Waals surface area contributed by atoms with E-state index in [0.717, 1.165) is 37.3 Å². The van der Waals surface area contributed by atoms with E-state index in [-0.39, 0.29) is 24.2 Å². The van der Waals surface area contributed by atoms with E-state index in [1.54, 1.807) is 0 Å². The van der Waals surface area contributed by atoms with E-state index in [4.69, 9.17) is 4.74 Å². The fraction of sp³-hybridized carbons (Fsp3) is 0.474. The molecule has 3 atom stereocenters.